The molecule has 0 aliphatic rings. The highest BCUT2D eigenvalue weighted by atomic mass is 14.6. The van der Waals surface area contributed by atoms with Crippen LogP contribution in [0.3, 0.4) is 0 Å². The van der Waals surface area contributed by atoms with Crippen LogP contribution in [0.25, 0.3) is 12.2 Å². The van der Waals surface area contributed by atoms with Crippen molar-refractivity contribution in [2.24, 2.45) is 0 Å². The number of hydrogen-bond acceptors (Lipinski definition) is 2. The summed E-state index contributed by atoms with van der Waals surface area (Å²) < 4.78 is 0. The van der Waals surface area contributed by atoms with Crippen LogP contribution in [-0.4, -0.2) is 9.97 Å². The first-order chi connectivity index (χ1) is 10.9. The first-order valence-electron chi connectivity index (χ1n) is 7.46. The Morgan fingerprint density at radius 2 is 1.00 bits per heavy atom. The highest BCUT2D eigenvalue weighted by Gasteiger charge is 1.96. The molecule has 1 aromatic carbocycles. The Bertz CT molecular complexity index is 717. The number of pyridine rings is 2. The van der Waals surface area contributed by atoms with Crippen LogP contribution in [0.15, 0.2) is 73.3 Å². The van der Waals surface area contributed by atoms with Crippen molar-refractivity contribution in [2.75, 3.05) is 0 Å². The van der Waals surface area contributed by atoms with Crippen LogP contribution in [0.1, 0.15) is 22.3 Å². The second-order valence-electron chi connectivity index (χ2n) is 5.21. The molecule has 0 saturated carbocycles. The van der Waals surface area contributed by atoms with Gasteiger partial charge in [0.2, 0.25) is 0 Å². The Morgan fingerprint density at radius 1 is 0.545 bits per heavy atom. The standard InChI is InChI=1S/C20H18N2/c1-2-18(6-8-20-11-15-22-16-12-20)4-3-17(1)5-7-19-9-13-21-14-10-19/h1-5,7,9-16H,6,8H2/b7-5+. The van der Waals surface area contributed by atoms with Crippen LogP contribution >= 0.6 is 0 Å². The molecule has 3 aromatic rings. The first kappa shape index (κ1) is 14.2. The highest BCUT2D eigenvalue weighted by Crippen LogP contribution is 2.11. The molecule has 0 bridgehead atoms. The van der Waals surface area contributed by atoms with Crippen LogP contribution in [0.5, 0.6) is 0 Å². The van der Waals surface area contributed by atoms with Crippen molar-refractivity contribution in [2.45, 2.75) is 12.8 Å². The third-order valence-corrected chi connectivity index (χ3v) is 3.61. The SMILES string of the molecule is C(=C\c1ccc(CCc2ccncc2)cc1)/c1ccncc1. The zero-order chi connectivity index (χ0) is 15.0. The molecule has 108 valence electrons. The van der Waals surface area contributed by atoms with E-state index in [1.807, 2.05) is 36.9 Å². The topological polar surface area (TPSA) is 25.8 Å². The van der Waals surface area contributed by atoms with Gasteiger partial charge >= 0.3 is 0 Å². The Kier molecular flexibility index (Phi) is 4.73. The Morgan fingerprint density at radius 3 is 1.59 bits per heavy atom. The molecule has 2 heteroatoms. The van der Waals surface area contributed by atoms with Crippen molar-refractivity contribution in [1.82, 2.24) is 9.97 Å². The summed E-state index contributed by atoms with van der Waals surface area (Å²) in [6, 6.07) is 16.9. The molecule has 0 N–H and O–H groups in total. The lowest BCUT2D eigenvalue weighted by Gasteiger charge is -2.02. The maximum absolute atomic E-state index is 4.05. The maximum atomic E-state index is 4.05. The van der Waals surface area contributed by atoms with Crippen molar-refractivity contribution in [3.63, 3.8) is 0 Å². The normalized spacial score (nSPS) is 10.9. The van der Waals surface area contributed by atoms with Crippen LogP contribution in [0, 0.1) is 0 Å². The van der Waals surface area contributed by atoms with E-state index in [1.165, 1.54) is 16.7 Å². The molecule has 0 atom stereocenters. The van der Waals surface area contributed by atoms with Gasteiger partial charge in [-0.15, -0.1) is 0 Å². The minimum atomic E-state index is 1.05. The van der Waals surface area contributed by atoms with E-state index in [2.05, 4.69) is 58.5 Å². The molecule has 0 spiro atoms. The van der Waals surface area contributed by atoms with Crippen LogP contribution in [-0.2, 0) is 12.8 Å². The molecule has 2 aromatic heterocycles. The van der Waals surface area contributed by atoms with Gasteiger partial charge in [-0.1, -0.05) is 36.4 Å². The Balaban J connectivity index is 1.59. The summed E-state index contributed by atoms with van der Waals surface area (Å²) in [6.07, 6.45) is 13.6. The summed E-state index contributed by atoms with van der Waals surface area (Å²) in [5, 5.41) is 0. The van der Waals surface area contributed by atoms with Gasteiger partial charge in [-0.25, -0.2) is 0 Å². The van der Waals surface area contributed by atoms with Gasteiger partial charge in [0.1, 0.15) is 0 Å². The third-order valence-electron chi connectivity index (χ3n) is 3.61. The first-order valence-corrected chi connectivity index (χ1v) is 7.46. The number of hydrogen-bond donors (Lipinski definition) is 0. The van der Waals surface area contributed by atoms with Crippen LogP contribution in [0.2, 0.25) is 0 Å². The molecule has 0 aliphatic carbocycles. The average molecular weight is 286 g/mol. The average Bonchev–Trinajstić information content (AvgIpc) is 2.61. The Hall–Kier alpha value is -2.74. The van der Waals surface area contributed by atoms with E-state index in [1.54, 1.807) is 0 Å². The molecule has 0 aliphatic heterocycles. The fourth-order valence-electron chi connectivity index (χ4n) is 2.30. The van der Waals surface area contributed by atoms with Crippen molar-refractivity contribution in [3.8, 4) is 0 Å². The van der Waals surface area contributed by atoms with Gasteiger partial charge in [0, 0.05) is 24.8 Å². The van der Waals surface area contributed by atoms with Gasteiger partial charge < -0.3 is 0 Å². The predicted molar refractivity (Wildman–Crippen MR) is 91.3 cm³/mol. The molecule has 0 amide bonds. The second kappa shape index (κ2) is 7.32. The molecule has 0 fully saturated rings. The quantitative estimate of drug-likeness (QED) is 0.693. The highest BCUT2D eigenvalue weighted by molar-refractivity contribution is 5.69. The van der Waals surface area contributed by atoms with E-state index in [0.717, 1.165) is 18.4 Å². The van der Waals surface area contributed by atoms with Crippen molar-refractivity contribution >= 4 is 12.2 Å². The van der Waals surface area contributed by atoms with E-state index in [-0.39, 0.29) is 0 Å². The largest absolute Gasteiger partial charge is 0.265 e. The smallest absolute Gasteiger partial charge is 0.0273 e. The minimum absolute atomic E-state index is 1.05. The summed E-state index contributed by atoms with van der Waals surface area (Å²) in [5.41, 5.74) is 5.07. The lowest BCUT2D eigenvalue weighted by Crippen LogP contribution is -1.91. The van der Waals surface area contributed by atoms with E-state index < -0.39 is 0 Å². The number of aromatic nitrogens is 2. The number of aryl methyl sites for hydroxylation is 2. The van der Waals surface area contributed by atoms with Crippen LogP contribution < -0.4 is 0 Å². The molecule has 2 nitrogen and oxygen atoms in total. The Labute approximate surface area is 131 Å². The van der Waals surface area contributed by atoms with E-state index in [4.69, 9.17) is 0 Å². The van der Waals surface area contributed by atoms with E-state index in [0.29, 0.717) is 0 Å². The number of benzene rings is 1. The van der Waals surface area contributed by atoms with Gasteiger partial charge in [0.15, 0.2) is 0 Å². The summed E-state index contributed by atoms with van der Waals surface area (Å²) in [5.74, 6) is 0. The van der Waals surface area contributed by atoms with Crippen molar-refractivity contribution in [1.29, 1.82) is 0 Å². The van der Waals surface area contributed by atoms with Crippen LogP contribution in [0.4, 0.5) is 0 Å². The number of nitrogens with zero attached hydrogens (tertiary/aromatic N) is 2. The minimum Gasteiger partial charge on any atom is -0.265 e. The van der Waals surface area contributed by atoms with Crippen molar-refractivity contribution in [3.05, 3.63) is 95.6 Å². The molecular weight excluding hydrogens is 268 g/mol. The van der Waals surface area contributed by atoms with Gasteiger partial charge in [-0.2, -0.15) is 0 Å². The molecular formula is C20H18N2. The fourth-order valence-corrected chi connectivity index (χ4v) is 2.30. The van der Waals surface area contributed by atoms with E-state index >= 15 is 0 Å². The zero-order valence-electron chi connectivity index (χ0n) is 12.4. The van der Waals surface area contributed by atoms with Gasteiger partial charge in [-0.05, 0) is 59.4 Å². The van der Waals surface area contributed by atoms with Crippen molar-refractivity contribution < 1.29 is 0 Å². The molecule has 0 unspecified atom stereocenters. The lowest BCUT2D eigenvalue weighted by molar-refractivity contribution is 0.955. The van der Waals surface area contributed by atoms with Gasteiger partial charge in [-0.3, -0.25) is 9.97 Å². The molecule has 0 saturated heterocycles. The molecule has 22 heavy (non-hydrogen) atoms. The summed E-state index contributed by atoms with van der Waals surface area (Å²) in [7, 11) is 0. The monoisotopic (exact) mass is 286 g/mol. The predicted octanol–water partition coefficient (Wildman–Crippen LogP) is 4.43. The molecule has 2 heterocycles. The third kappa shape index (κ3) is 4.13. The summed E-state index contributed by atoms with van der Waals surface area (Å²) in [6.45, 7) is 0. The summed E-state index contributed by atoms with van der Waals surface area (Å²) >= 11 is 0. The van der Waals surface area contributed by atoms with E-state index in [9.17, 15) is 0 Å². The second-order valence-corrected chi connectivity index (χ2v) is 5.21. The molecule has 0 radical (unpaired) electrons. The summed E-state index contributed by atoms with van der Waals surface area (Å²) in [4.78, 5) is 8.07. The molecule has 3 rings (SSSR count). The van der Waals surface area contributed by atoms with Gasteiger partial charge in [0.05, 0.1) is 0 Å². The lowest BCUT2D eigenvalue weighted by atomic mass is 10.0. The number of rotatable bonds is 5. The zero-order valence-corrected chi connectivity index (χ0v) is 12.4. The maximum Gasteiger partial charge on any atom is 0.0273 e. The fraction of sp³-hybridized carbons (Fsp3) is 0.100. The van der Waals surface area contributed by atoms with Gasteiger partial charge in [0.25, 0.3) is 0 Å².